The van der Waals surface area contributed by atoms with Gasteiger partial charge in [-0.05, 0) is 11.6 Å². The molecule has 1 aromatic rings. The van der Waals surface area contributed by atoms with Gasteiger partial charge in [0.2, 0.25) is 11.8 Å². The molecule has 0 unspecified atom stereocenters. The zero-order chi connectivity index (χ0) is 13.5. The van der Waals surface area contributed by atoms with Crippen LogP contribution in [0, 0.1) is 0 Å². The molecule has 0 bridgehead atoms. The molecule has 0 heterocycles. The van der Waals surface area contributed by atoms with Gasteiger partial charge in [-0.25, -0.2) is 0 Å². The Labute approximate surface area is 107 Å². The predicted octanol–water partition coefficient (Wildman–Crippen LogP) is 0.823. The molecule has 0 saturated heterocycles. The van der Waals surface area contributed by atoms with Crippen LogP contribution in [0.1, 0.15) is 12.5 Å². The van der Waals surface area contributed by atoms with Crippen LogP contribution in [-0.2, 0) is 16.1 Å². The molecule has 0 aliphatic heterocycles. The fourth-order valence-corrected chi connectivity index (χ4v) is 1.45. The maximum Gasteiger partial charge on any atom is 0.236 e. The molecule has 2 amide bonds. The summed E-state index contributed by atoms with van der Waals surface area (Å²) in [7, 11) is 3.44. The Hall–Kier alpha value is -1.88. The third kappa shape index (κ3) is 4.55. The van der Waals surface area contributed by atoms with Gasteiger partial charge in [-0.2, -0.15) is 0 Å². The first-order chi connectivity index (χ1) is 8.50. The van der Waals surface area contributed by atoms with Crippen molar-refractivity contribution in [1.29, 1.82) is 0 Å². The highest BCUT2D eigenvalue weighted by Gasteiger charge is 2.05. The number of rotatable bonds is 5. The number of likely N-dealkylation sites (N-methyl/N-ethyl adjacent to an activating group) is 1. The zero-order valence-corrected chi connectivity index (χ0v) is 11.0. The molecule has 0 fully saturated rings. The topological polar surface area (TPSA) is 61.4 Å². The Kier molecular flexibility index (Phi) is 5.32. The average molecular weight is 249 g/mol. The normalized spacial score (nSPS) is 9.94. The van der Waals surface area contributed by atoms with Gasteiger partial charge in [-0.15, -0.1) is 0 Å². The monoisotopic (exact) mass is 249 g/mol. The van der Waals surface area contributed by atoms with Gasteiger partial charge in [0, 0.05) is 33.3 Å². The first kappa shape index (κ1) is 14.2. The van der Waals surface area contributed by atoms with E-state index in [4.69, 9.17) is 0 Å². The van der Waals surface area contributed by atoms with Gasteiger partial charge in [0.1, 0.15) is 0 Å². The van der Waals surface area contributed by atoms with E-state index in [2.05, 4.69) is 10.6 Å². The molecule has 5 nitrogen and oxygen atoms in total. The van der Waals surface area contributed by atoms with Crippen molar-refractivity contribution >= 4 is 17.5 Å². The molecule has 0 saturated carbocycles. The minimum absolute atomic E-state index is 0.0204. The predicted molar refractivity (Wildman–Crippen MR) is 71.1 cm³/mol. The molecule has 0 atom stereocenters. The molecule has 1 aromatic carbocycles. The average Bonchev–Trinajstić information content (AvgIpc) is 2.30. The van der Waals surface area contributed by atoms with E-state index in [1.165, 1.54) is 11.8 Å². The maximum atomic E-state index is 11.4. The molecule has 0 aliphatic rings. The summed E-state index contributed by atoms with van der Waals surface area (Å²) in [6.07, 6.45) is 0. The van der Waals surface area contributed by atoms with Gasteiger partial charge in [0.05, 0.1) is 6.54 Å². The second-order valence-electron chi connectivity index (χ2n) is 4.23. The number of anilines is 1. The minimum Gasteiger partial charge on any atom is -0.348 e. The molecule has 0 radical (unpaired) electrons. The summed E-state index contributed by atoms with van der Waals surface area (Å²) < 4.78 is 0. The Morgan fingerprint density at radius 2 is 1.89 bits per heavy atom. The second-order valence-corrected chi connectivity index (χ2v) is 4.23. The Bertz CT molecular complexity index is 430. The number of amides is 2. The lowest BCUT2D eigenvalue weighted by molar-refractivity contribution is -0.127. The number of nitrogens with zero attached hydrogens (tertiary/aromatic N) is 1. The molecular weight excluding hydrogens is 230 g/mol. The molecule has 1 rings (SSSR count). The molecule has 0 spiro atoms. The van der Waals surface area contributed by atoms with E-state index in [1.807, 2.05) is 24.3 Å². The lowest BCUT2D eigenvalue weighted by atomic mass is 10.1. The number of hydrogen-bond donors (Lipinski definition) is 2. The van der Waals surface area contributed by atoms with Gasteiger partial charge in [-0.1, -0.05) is 18.2 Å². The summed E-state index contributed by atoms with van der Waals surface area (Å²) in [5.74, 6) is -0.0844. The van der Waals surface area contributed by atoms with Crippen LogP contribution < -0.4 is 10.6 Å². The van der Waals surface area contributed by atoms with Crippen LogP contribution in [0.25, 0.3) is 0 Å². The van der Waals surface area contributed by atoms with Crippen LogP contribution in [-0.4, -0.2) is 37.4 Å². The van der Waals surface area contributed by atoms with Crippen LogP contribution in [0.2, 0.25) is 0 Å². The highest BCUT2D eigenvalue weighted by atomic mass is 16.2. The van der Waals surface area contributed by atoms with E-state index < -0.39 is 0 Å². The number of nitrogens with one attached hydrogen (secondary N) is 2. The number of carbonyl (C=O) groups is 2. The van der Waals surface area contributed by atoms with Gasteiger partial charge in [0.25, 0.3) is 0 Å². The summed E-state index contributed by atoms with van der Waals surface area (Å²) >= 11 is 0. The van der Waals surface area contributed by atoms with Crippen LogP contribution in [0.4, 0.5) is 5.69 Å². The molecule has 5 heteroatoms. The molecule has 0 aliphatic carbocycles. The Balaban J connectivity index is 2.56. The van der Waals surface area contributed by atoms with Crippen molar-refractivity contribution in [3.63, 3.8) is 0 Å². The fourth-order valence-electron chi connectivity index (χ4n) is 1.45. The highest BCUT2D eigenvalue weighted by Crippen LogP contribution is 2.14. The SMILES string of the molecule is CC(=O)Nc1ccccc1CNCC(=O)N(C)C. The van der Waals surface area contributed by atoms with Crippen LogP contribution in [0.3, 0.4) is 0 Å². The molecule has 18 heavy (non-hydrogen) atoms. The summed E-state index contributed by atoms with van der Waals surface area (Å²) in [6, 6.07) is 7.51. The van der Waals surface area contributed by atoms with Gasteiger partial charge in [0.15, 0.2) is 0 Å². The van der Waals surface area contributed by atoms with Crippen molar-refractivity contribution in [2.45, 2.75) is 13.5 Å². The van der Waals surface area contributed by atoms with Crippen LogP contribution in [0.15, 0.2) is 24.3 Å². The standard InChI is InChI=1S/C13H19N3O2/c1-10(17)15-12-7-5-4-6-11(12)8-14-9-13(18)16(2)3/h4-7,14H,8-9H2,1-3H3,(H,15,17). The van der Waals surface area contributed by atoms with E-state index in [9.17, 15) is 9.59 Å². The molecule has 2 N–H and O–H groups in total. The summed E-state index contributed by atoms with van der Waals surface area (Å²) in [6.45, 7) is 2.29. The number of hydrogen-bond acceptors (Lipinski definition) is 3. The second kappa shape index (κ2) is 6.76. The van der Waals surface area contributed by atoms with Crippen molar-refractivity contribution in [3.05, 3.63) is 29.8 Å². The molecular formula is C13H19N3O2. The number of para-hydroxylation sites is 1. The van der Waals surface area contributed by atoms with E-state index in [0.717, 1.165) is 11.3 Å². The number of carbonyl (C=O) groups excluding carboxylic acids is 2. The third-order valence-corrected chi connectivity index (χ3v) is 2.42. The van der Waals surface area contributed by atoms with E-state index in [-0.39, 0.29) is 18.4 Å². The summed E-state index contributed by atoms with van der Waals surface area (Å²) in [5, 5.41) is 5.81. The van der Waals surface area contributed by atoms with Crippen molar-refractivity contribution in [2.24, 2.45) is 0 Å². The van der Waals surface area contributed by atoms with Crippen LogP contribution in [0.5, 0.6) is 0 Å². The zero-order valence-electron chi connectivity index (χ0n) is 11.0. The van der Waals surface area contributed by atoms with Crippen molar-refractivity contribution in [2.75, 3.05) is 26.0 Å². The van der Waals surface area contributed by atoms with Crippen molar-refractivity contribution in [3.8, 4) is 0 Å². The summed E-state index contributed by atoms with van der Waals surface area (Å²) in [4.78, 5) is 24.0. The van der Waals surface area contributed by atoms with Crippen molar-refractivity contribution < 1.29 is 9.59 Å². The van der Waals surface area contributed by atoms with Crippen molar-refractivity contribution in [1.82, 2.24) is 10.2 Å². The lowest BCUT2D eigenvalue weighted by Gasteiger charge is -2.13. The Morgan fingerprint density at radius 1 is 1.22 bits per heavy atom. The van der Waals surface area contributed by atoms with E-state index in [1.54, 1.807) is 14.1 Å². The molecule has 98 valence electrons. The quantitative estimate of drug-likeness (QED) is 0.812. The van der Waals surface area contributed by atoms with Gasteiger partial charge >= 0.3 is 0 Å². The van der Waals surface area contributed by atoms with Gasteiger partial charge in [-0.3, -0.25) is 9.59 Å². The fraction of sp³-hybridized carbons (Fsp3) is 0.385. The maximum absolute atomic E-state index is 11.4. The van der Waals surface area contributed by atoms with E-state index in [0.29, 0.717) is 6.54 Å². The Morgan fingerprint density at radius 3 is 2.50 bits per heavy atom. The first-order valence-corrected chi connectivity index (χ1v) is 5.77. The minimum atomic E-state index is -0.105. The van der Waals surface area contributed by atoms with Crippen LogP contribution >= 0.6 is 0 Å². The van der Waals surface area contributed by atoms with Gasteiger partial charge < -0.3 is 15.5 Å². The molecule has 0 aromatic heterocycles. The third-order valence-electron chi connectivity index (χ3n) is 2.42. The lowest BCUT2D eigenvalue weighted by Crippen LogP contribution is -2.32. The largest absolute Gasteiger partial charge is 0.348 e. The smallest absolute Gasteiger partial charge is 0.236 e. The first-order valence-electron chi connectivity index (χ1n) is 5.77. The summed E-state index contributed by atoms with van der Waals surface area (Å²) in [5.41, 5.74) is 1.73. The number of benzene rings is 1. The van der Waals surface area contributed by atoms with E-state index >= 15 is 0 Å². The highest BCUT2D eigenvalue weighted by molar-refractivity contribution is 5.89.